The molecule has 6 nitrogen and oxygen atoms in total. The van der Waals surface area contributed by atoms with Gasteiger partial charge in [-0.2, -0.15) is 13.2 Å². The minimum absolute atomic E-state index is 0.0222. The lowest BCUT2D eigenvalue weighted by Crippen LogP contribution is -2.28. The van der Waals surface area contributed by atoms with Gasteiger partial charge in [0.15, 0.2) is 0 Å². The van der Waals surface area contributed by atoms with Crippen molar-refractivity contribution >= 4 is 0 Å². The van der Waals surface area contributed by atoms with E-state index in [1.54, 1.807) is 19.5 Å². The molecule has 1 aliphatic heterocycles. The molecule has 0 spiro atoms. The maximum atomic E-state index is 12.6. The van der Waals surface area contributed by atoms with Crippen LogP contribution in [0.2, 0.25) is 0 Å². The van der Waals surface area contributed by atoms with Crippen molar-refractivity contribution in [1.29, 1.82) is 0 Å². The van der Waals surface area contributed by atoms with Crippen molar-refractivity contribution in [3.05, 3.63) is 36.4 Å². The fourth-order valence-electron chi connectivity index (χ4n) is 2.96. The highest BCUT2D eigenvalue weighted by Crippen LogP contribution is 2.32. The molecule has 1 saturated heterocycles. The second-order valence-electron chi connectivity index (χ2n) is 5.60. The number of H-pyrrole nitrogens is 1. The minimum Gasteiger partial charge on any atom is -0.380 e. The normalized spacial score (nSPS) is 22.8. The molecule has 1 N–H and O–H groups in total. The van der Waals surface area contributed by atoms with Crippen molar-refractivity contribution in [3.8, 4) is 0 Å². The molecule has 2 aromatic heterocycles. The Kier molecular flexibility index (Phi) is 4.40. The number of halogens is 3. The van der Waals surface area contributed by atoms with Gasteiger partial charge in [-0.25, -0.2) is 9.97 Å². The van der Waals surface area contributed by atoms with Gasteiger partial charge in [-0.3, -0.25) is 4.90 Å². The van der Waals surface area contributed by atoms with Crippen LogP contribution in [-0.4, -0.2) is 50.4 Å². The molecule has 1 unspecified atom stereocenters. The fourth-order valence-corrected chi connectivity index (χ4v) is 2.96. The van der Waals surface area contributed by atoms with Gasteiger partial charge in [0.2, 0.25) is 0 Å². The van der Waals surface area contributed by atoms with Crippen molar-refractivity contribution in [3.63, 3.8) is 0 Å². The molecule has 23 heavy (non-hydrogen) atoms. The third-order valence-corrected chi connectivity index (χ3v) is 4.03. The zero-order chi connectivity index (χ0) is 16.4. The first-order chi connectivity index (χ1) is 11.0. The summed E-state index contributed by atoms with van der Waals surface area (Å²) in [5.74, 6) is 1.18. The highest BCUT2D eigenvalue weighted by molar-refractivity contribution is 5.04. The van der Waals surface area contributed by atoms with E-state index in [4.69, 9.17) is 4.74 Å². The number of nitrogens with one attached hydrogen (secondary N) is 1. The molecule has 0 saturated carbocycles. The van der Waals surface area contributed by atoms with E-state index >= 15 is 0 Å². The summed E-state index contributed by atoms with van der Waals surface area (Å²) in [6.07, 6.45) is 2.65. The van der Waals surface area contributed by atoms with Crippen molar-refractivity contribution in [2.24, 2.45) is 0 Å². The zero-order valence-corrected chi connectivity index (χ0v) is 12.6. The van der Waals surface area contributed by atoms with E-state index in [0.29, 0.717) is 18.9 Å². The van der Waals surface area contributed by atoms with Gasteiger partial charge in [-0.05, 0) is 6.42 Å². The van der Waals surface area contributed by atoms with E-state index in [1.165, 1.54) is 12.4 Å². The summed E-state index contributed by atoms with van der Waals surface area (Å²) >= 11 is 0. The number of nitrogens with zero attached hydrogens (tertiary/aromatic N) is 4. The predicted molar refractivity (Wildman–Crippen MR) is 75.4 cm³/mol. The minimum atomic E-state index is -4.27. The summed E-state index contributed by atoms with van der Waals surface area (Å²) in [7, 11) is 1.64. The molecule has 126 valence electrons. The number of hydrogen-bond acceptors (Lipinski definition) is 4. The Balaban J connectivity index is 1.77. The average molecular weight is 329 g/mol. The Bertz CT molecular complexity index is 625. The number of likely N-dealkylation sites (tertiary alicyclic amines) is 1. The van der Waals surface area contributed by atoms with Crippen LogP contribution in [0, 0.1) is 0 Å². The summed E-state index contributed by atoms with van der Waals surface area (Å²) in [5, 5.41) is 0. The van der Waals surface area contributed by atoms with Crippen LogP contribution in [0.25, 0.3) is 0 Å². The number of methoxy groups -OCH3 is 1. The van der Waals surface area contributed by atoms with E-state index in [9.17, 15) is 13.2 Å². The summed E-state index contributed by atoms with van der Waals surface area (Å²) in [4.78, 5) is 13.5. The fraction of sp³-hybridized carbons (Fsp3) is 0.571. The molecule has 0 amide bonds. The van der Waals surface area contributed by atoms with Crippen LogP contribution in [0.1, 0.15) is 24.1 Å². The number of aromatic nitrogens is 4. The smallest absolute Gasteiger partial charge is 0.380 e. The molecule has 0 aliphatic carbocycles. The summed E-state index contributed by atoms with van der Waals surface area (Å²) in [6, 6.07) is -0.0222. The van der Waals surface area contributed by atoms with E-state index in [-0.39, 0.29) is 12.1 Å². The number of imidazole rings is 2. The van der Waals surface area contributed by atoms with Crippen molar-refractivity contribution < 1.29 is 17.9 Å². The number of hydrogen-bond donors (Lipinski definition) is 1. The van der Waals surface area contributed by atoms with Crippen LogP contribution in [-0.2, 0) is 17.8 Å². The van der Waals surface area contributed by atoms with Crippen LogP contribution in [0.15, 0.2) is 24.8 Å². The first kappa shape index (κ1) is 16.0. The first-order valence-electron chi connectivity index (χ1n) is 7.29. The lowest BCUT2D eigenvalue weighted by molar-refractivity contribution is -0.141. The van der Waals surface area contributed by atoms with E-state index < -0.39 is 12.7 Å². The van der Waals surface area contributed by atoms with Crippen LogP contribution in [0.4, 0.5) is 13.2 Å². The standard InChI is InChI=1S/C14H18F3N5O/c1-23-10-6-11(13-19-2-3-20-13)22(7-10)8-12-18-4-5-21(12)9-14(15,16)17/h2-5,10-11H,6-9H2,1H3,(H,19,20)/t10-,11?/m1/s1. The van der Waals surface area contributed by atoms with Gasteiger partial charge in [0.1, 0.15) is 18.2 Å². The molecule has 0 bridgehead atoms. The average Bonchev–Trinajstić information content (AvgIpc) is 3.19. The lowest BCUT2D eigenvalue weighted by Gasteiger charge is -2.22. The van der Waals surface area contributed by atoms with Crippen molar-refractivity contribution in [1.82, 2.24) is 24.4 Å². The van der Waals surface area contributed by atoms with Crippen LogP contribution >= 0.6 is 0 Å². The molecule has 1 fully saturated rings. The third kappa shape index (κ3) is 3.73. The Morgan fingerprint density at radius 1 is 1.35 bits per heavy atom. The Hall–Kier alpha value is -1.87. The molecule has 3 heterocycles. The molecule has 2 aromatic rings. The Labute approximate surface area is 131 Å². The van der Waals surface area contributed by atoms with Gasteiger partial charge in [0, 0.05) is 38.4 Å². The maximum absolute atomic E-state index is 12.6. The topological polar surface area (TPSA) is 59.0 Å². The monoisotopic (exact) mass is 329 g/mol. The molecule has 3 rings (SSSR count). The molecule has 0 aromatic carbocycles. The number of aromatic amines is 1. The Morgan fingerprint density at radius 2 is 2.17 bits per heavy atom. The van der Waals surface area contributed by atoms with Gasteiger partial charge in [0.05, 0.1) is 18.7 Å². The third-order valence-electron chi connectivity index (χ3n) is 4.03. The second-order valence-corrected chi connectivity index (χ2v) is 5.60. The van der Waals surface area contributed by atoms with E-state index in [1.807, 2.05) is 4.90 Å². The van der Waals surface area contributed by atoms with Gasteiger partial charge in [-0.15, -0.1) is 0 Å². The highest BCUT2D eigenvalue weighted by atomic mass is 19.4. The van der Waals surface area contributed by atoms with E-state index in [2.05, 4.69) is 15.0 Å². The largest absolute Gasteiger partial charge is 0.406 e. The molecule has 0 radical (unpaired) electrons. The summed E-state index contributed by atoms with van der Waals surface area (Å²) in [5.41, 5.74) is 0. The molecular formula is C14H18F3N5O. The zero-order valence-electron chi connectivity index (χ0n) is 12.6. The number of alkyl halides is 3. The first-order valence-corrected chi connectivity index (χ1v) is 7.29. The highest BCUT2D eigenvalue weighted by Gasteiger charge is 2.36. The van der Waals surface area contributed by atoms with Crippen molar-refractivity contribution in [2.45, 2.75) is 37.8 Å². The second kappa shape index (κ2) is 6.32. The Morgan fingerprint density at radius 3 is 2.83 bits per heavy atom. The van der Waals surface area contributed by atoms with E-state index in [0.717, 1.165) is 16.8 Å². The van der Waals surface area contributed by atoms with Gasteiger partial charge >= 0.3 is 6.18 Å². The maximum Gasteiger partial charge on any atom is 0.406 e. The quantitative estimate of drug-likeness (QED) is 0.913. The van der Waals surface area contributed by atoms with Crippen LogP contribution in [0.5, 0.6) is 0 Å². The molecular weight excluding hydrogens is 311 g/mol. The summed E-state index contributed by atoms with van der Waals surface area (Å²) in [6.45, 7) is -0.0929. The van der Waals surface area contributed by atoms with Crippen LogP contribution < -0.4 is 0 Å². The summed E-state index contributed by atoms with van der Waals surface area (Å²) < 4.78 is 44.4. The van der Waals surface area contributed by atoms with Gasteiger partial charge in [-0.1, -0.05) is 0 Å². The lowest BCUT2D eigenvalue weighted by atomic mass is 10.2. The number of rotatable bonds is 5. The van der Waals surface area contributed by atoms with Gasteiger partial charge < -0.3 is 14.3 Å². The SMILES string of the molecule is CO[C@@H]1CC(c2ncc[nH]2)N(Cc2nccn2CC(F)(F)F)C1. The molecule has 1 aliphatic rings. The van der Waals surface area contributed by atoms with Gasteiger partial charge in [0.25, 0.3) is 0 Å². The predicted octanol–water partition coefficient (Wildman–Crippen LogP) is 2.13. The molecule has 9 heteroatoms. The van der Waals surface area contributed by atoms with Crippen molar-refractivity contribution in [2.75, 3.05) is 13.7 Å². The van der Waals surface area contributed by atoms with Crippen LogP contribution in [0.3, 0.4) is 0 Å². The molecule has 2 atom stereocenters. The number of ether oxygens (including phenoxy) is 1.